The number of epoxide rings is 1. The maximum Gasteiger partial charge on any atom is 0.192 e. The number of rotatable bonds is 10. The Morgan fingerprint density at radius 2 is 1.94 bits per heavy atom. The van der Waals surface area contributed by atoms with Crippen LogP contribution in [-0.2, 0) is 13.9 Å². The first-order valence-electron chi connectivity index (χ1n) is 7.03. The quantitative estimate of drug-likeness (QED) is 0.446. The molecule has 2 unspecified atom stereocenters. The maximum absolute atomic E-state index is 6.07. The van der Waals surface area contributed by atoms with Gasteiger partial charge in [0.15, 0.2) is 8.32 Å². The Labute approximate surface area is 107 Å². The zero-order valence-electron chi connectivity index (χ0n) is 11.8. The molecule has 0 radical (unpaired) electrons. The largest absolute Gasteiger partial charge is 0.417 e. The van der Waals surface area contributed by atoms with Gasteiger partial charge in [0.2, 0.25) is 0 Å². The van der Waals surface area contributed by atoms with Gasteiger partial charge in [-0.1, -0.05) is 13.8 Å². The van der Waals surface area contributed by atoms with Crippen LogP contribution in [0.1, 0.15) is 34.1 Å². The summed E-state index contributed by atoms with van der Waals surface area (Å²) in [7, 11) is -1.46. The summed E-state index contributed by atoms with van der Waals surface area (Å²) in [6.07, 6.45) is 1.84. The average molecular weight is 260 g/mol. The van der Waals surface area contributed by atoms with Crippen LogP contribution in [0.15, 0.2) is 0 Å². The molecule has 0 N–H and O–H groups in total. The monoisotopic (exact) mass is 260 g/mol. The first-order chi connectivity index (χ1) is 8.15. The van der Waals surface area contributed by atoms with Gasteiger partial charge in [0, 0.05) is 6.61 Å². The van der Waals surface area contributed by atoms with Gasteiger partial charge in [-0.05, 0) is 38.4 Å². The van der Waals surface area contributed by atoms with Gasteiger partial charge in [0.05, 0.1) is 19.3 Å². The lowest BCUT2D eigenvalue weighted by molar-refractivity contribution is 0.0514. The number of ether oxygens (including phenoxy) is 2. The first-order valence-corrected chi connectivity index (χ1v) is 9.56. The summed E-state index contributed by atoms with van der Waals surface area (Å²) in [5.41, 5.74) is 0. The zero-order chi connectivity index (χ0) is 12.7. The lowest BCUT2D eigenvalue weighted by Gasteiger charge is -2.29. The van der Waals surface area contributed by atoms with Crippen LogP contribution in [0.5, 0.6) is 0 Å². The van der Waals surface area contributed by atoms with Gasteiger partial charge in [-0.15, -0.1) is 0 Å². The van der Waals surface area contributed by atoms with E-state index in [1.165, 1.54) is 18.1 Å². The minimum absolute atomic E-state index is 0.338. The van der Waals surface area contributed by atoms with Crippen molar-refractivity contribution in [3.8, 4) is 0 Å². The molecule has 1 aliphatic rings. The molecule has 4 heteroatoms. The highest BCUT2D eigenvalue weighted by atomic mass is 28.4. The summed E-state index contributed by atoms with van der Waals surface area (Å²) in [5.74, 6) is 0. The third-order valence-corrected chi connectivity index (χ3v) is 8.39. The van der Waals surface area contributed by atoms with Crippen molar-refractivity contribution in [1.82, 2.24) is 0 Å². The van der Waals surface area contributed by atoms with Gasteiger partial charge >= 0.3 is 0 Å². The van der Waals surface area contributed by atoms with Crippen LogP contribution in [0.3, 0.4) is 0 Å². The van der Waals surface area contributed by atoms with Crippen molar-refractivity contribution in [2.45, 2.75) is 64.5 Å². The number of hydrogen-bond donors (Lipinski definition) is 0. The van der Waals surface area contributed by atoms with E-state index in [0.717, 1.165) is 26.2 Å². The molecule has 0 aliphatic carbocycles. The summed E-state index contributed by atoms with van der Waals surface area (Å²) in [4.78, 5) is 0. The molecule has 1 aliphatic heterocycles. The van der Waals surface area contributed by atoms with E-state index in [-0.39, 0.29) is 0 Å². The lowest BCUT2D eigenvalue weighted by atomic mass is 10.3. The van der Waals surface area contributed by atoms with Gasteiger partial charge < -0.3 is 13.9 Å². The minimum Gasteiger partial charge on any atom is -0.417 e. The molecular weight excluding hydrogens is 232 g/mol. The van der Waals surface area contributed by atoms with Crippen molar-refractivity contribution in [3.63, 3.8) is 0 Å². The summed E-state index contributed by atoms with van der Waals surface area (Å²) in [6.45, 7) is 11.3. The van der Waals surface area contributed by atoms with E-state index in [0.29, 0.717) is 12.2 Å². The predicted octanol–water partition coefficient (Wildman–Crippen LogP) is 3.20. The van der Waals surface area contributed by atoms with E-state index in [4.69, 9.17) is 13.9 Å². The van der Waals surface area contributed by atoms with E-state index in [9.17, 15) is 0 Å². The highest BCUT2D eigenvalue weighted by Crippen LogP contribution is 2.25. The highest BCUT2D eigenvalue weighted by Gasteiger charge is 2.31. The van der Waals surface area contributed by atoms with Crippen molar-refractivity contribution in [3.05, 3.63) is 0 Å². The van der Waals surface area contributed by atoms with Gasteiger partial charge in [0.1, 0.15) is 6.10 Å². The van der Waals surface area contributed by atoms with Crippen molar-refractivity contribution in [2.75, 3.05) is 19.8 Å². The summed E-state index contributed by atoms with van der Waals surface area (Å²) >= 11 is 0. The van der Waals surface area contributed by atoms with Crippen LogP contribution < -0.4 is 0 Å². The van der Waals surface area contributed by atoms with Gasteiger partial charge in [-0.2, -0.15) is 0 Å². The van der Waals surface area contributed by atoms with Crippen LogP contribution in [0.25, 0.3) is 0 Å². The Morgan fingerprint density at radius 1 is 1.29 bits per heavy atom. The standard InChI is InChI=1S/C13H28O3Si/c1-5-16-17(6-2,7-3)9-8-12(4)14-10-13-11-15-13/h12-13H,5-11H2,1-4H3. The van der Waals surface area contributed by atoms with Crippen LogP contribution in [-0.4, -0.2) is 40.3 Å². The first kappa shape index (κ1) is 15.2. The third kappa shape index (κ3) is 5.51. The molecule has 1 saturated heterocycles. The van der Waals surface area contributed by atoms with Crippen molar-refractivity contribution in [2.24, 2.45) is 0 Å². The predicted molar refractivity (Wildman–Crippen MR) is 72.9 cm³/mol. The highest BCUT2D eigenvalue weighted by molar-refractivity contribution is 6.73. The molecule has 2 atom stereocenters. The van der Waals surface area contributed by atoms with E-state index in [1.807, 2.05) is 0 Å². The Morgan fingerprint density at radius 3 is 2.41 bits per heavy atom. The van der Waals surface area contributed by atoms with E-state index < -0.39 is 8.32 Å². The molecule has 0 aromatic heterocycles. The van der Waals surface area contributed by atoms with Crippen LogP contribution >= 0.6 is 0 Å². The van der Waals surface area contributed by atoms with Gasteiger partial charge in [-0.3, -0.25) is 0 Å². The molecule has 3 nitrogen and oxygen atoms in total. The van der Waals surface area contributed by atoms with Crippen LogP contribution in [0, 0.1) is 0 Å². The smallest absolute Gasteiger partial charge is 0.192 e. The van der Waals surface area contributed by atoms with E-state index >= 15 is 0 Å². The Kier molecular flexibility index (Phi) is 6.70. The normalized spacial score (nSPS) is 21.5. The number of hydrogen-bond acceptors (Lipinski definition) is 3. The molecule has 0 saturated carbocycles. The van der Waals surface area contributed by atoms with Crippen molar-refractivity contribution in [1.29, 1.82) is 0 Å². The lowest BCUT2D eigenvalue weighted by Crippen LogP contribution is -2.37. The van der Waals surface area contributed by atoms with E-state index in [1.54, 1.807) is 0 Å². The Hall–Kier alpha value is 0.0969. The molecule has 0 amide bonds. The average Bonchev–Trinajstić information content (AvgIpc) is 3.16. The fourth-order valence-corrected chi connectivity index (χ4v) is 5.48. The van der Waals surface area contributed by atoms with Crippen molar-refractivity contribution < 1.29 is 13.9 Å². The van der Waals surface area contributed by atoms with Gasteiger partial charge in [-0.25, -0.2) is 0 Å². The molecule has 1 heterocycles. The van der Waals surface area contributed by atoms with Crippen molar-refractivity contribution >= 4 is 8.32 Å². The molecule has 1 fully saturated rings. The summed E-state index contributed by atoms with van der Waals surface area (Å²) in [5, 5.41) is 0. The second kappa shape index (κ2) is 7.51. The molecule has 1 rings (SSSR count). The molecule has 0 aromatic rings. The topological polar surface area (TPSA) is 31.0 Å². The van der Waals surface area contributed by atoms with Crippen LogP contribution in [0.2, 0.25) is 18.1 Å². The third-order valence-electron chi connectivity index (χ3n) is 3.71. The molecule has 17 heavy (non-hydrogen) atoms. The Bertz CT molecular complexity index is 203. The summed E-state index contributed by atoms with van der Waals surface area (Å²) in [6, 6.07) is 3.66. The summed E-state index contributed by atoms with van der Waals surface area (Å²) < 4.78 is 17.0. The second-order valence-electron chi connectivity index (χ2n) is 4.96. The van der Waals surface area contributed by atoms with Crippen LogP contribution in [0.4, 0.5) is 0 Å². The Balaban J connectivity index is 2.23. The fraction of sp³-hybridized carbons (Fsp3) is 1.00. The minimum atomic E-state index is -1.46. The second-order valence-corrected chi connectivity index (χ2v) is 9.53. The molecule has 0 aromatic carbocycles. The fourth-order valence-electron chi connectivity index (χ4n) is 2.17. The molecule has 102 valence electrons. The van der Waals surface area contributed by atoms with E-state index in [2.05, 4.69) is 27.7 Å². The SMILES string of the molecule is CCO[Si](CC)(CC)CCC(C)OCC1CO1. The molecular formula is C13H28O3Si. The zero-order valence-corrected chi connectivity index (χ0v) is 12.8. The molecule has 0 spiro atoms. The molecule has 0 bridgehead atoms. The maximum atomic E-state index is 6.07. The van der Waals surface area contributed by atoms with Gasteiger partial charge in [0.25, 0.3) is 0 Å².